The zero-order chi connectivity index (χ0) is 94.8. The summed E-state index contributed by atoms with van der Waals surface area (Å²) in [6.07, 6.45) is 0. The van der Waals surface area contributed by atoms with E-state index in [0.717, 1.165) is 60.8 Å². The van der Waals surface area contributed by atoms with E-state index in [-0.39, 0.29) is 37.5 Å². The number of nitrogens with zero attached hydrogens (tertiary/aromatic N) is 4. The van der Waals surface area contributed by atoms with Crippen molar-refractivity contribution in [3.63, 3.8) is 0 Å². The maximum Gasteiger partial charge on any atom is 0.307 e. The minimum absolute atomic E-state index is 0.0970. The molecule has 22 rings (SSSR count). The molecule has 2 aliphatic rings. The normalized spacial score (nSPS) is 14.7. The van der Waals surface area contributed by atoms with E-state index in [1.807, 2.05) is 23.9 Å². The van der Waals surface area contributed by atoms with E-state index in [2.05, 4.69) is 498 Å². The molecule has 2 aliphatic heterocycles. The van der Waals surface area contributed by atoms with Crippen molar-refractivity contribution in [2.75, 3.05) is 0 Å². The Kier molecular flexibility index (Phi) is 21.8. The molecule has 11 heteroatoms. The largest absolute Gasteiger partial charge is 0.457 e. The van der Waals surface area contributed by atoms with Gasteiger partial charge in [0, 0.05) is 26.5 Å². The summed E-state index contributed by atoms with van der Waals surface area (Å²) < 4.78 is 19.5. The quantitative estimate of drug-likeness (QED) is 0.0901. The number of thiazole rings is 1. The Hall–Kier alpha value is -12.7. The van der Waals surface area contributed by atoms with E-state index >= 15 is 0 Å². The van der Waals surface area contributed by atoms with Crippen LogP contribution in [-0.4, -0.2) is 43.0 Å². The lowest BCUT2D eigenvalue weighted by Crippen LogP contribution is -2.74. The van der Waals surface area contributed by atoms with E-state index in [9.17, 15) is 0 Å². The molecule has 4 aromatic heterocycles. The first-order valence-corrected chi connectivity index (χ1v) is 56.9. The molecule has 20 aromatic rings. The lowest BCUT2D eigenvalue weighted by Gasteiger charge is -2.42. The number of oxazole rings is 1. The molecule has 0 fully saturated rings. The van der Waals surface area contributed by atoms with E-state index in [1.54, 1.807) is 11.3 Å². The molecule has 0 aliphatic carbocycles. The van der Waals surface area contributed by atoms with Gasteiger partial charge in [0.25, 0.3) is 0 Å². The van der Waals surface area contributed by atoms with Gasteiger partial charge in [-0.3, -0.25) is 8.80 Å². The Morgan fingerprint density at radius 3 is 1.26 bits per heavy atom. The highest BCUT2D eigenvalue weighted by molar-refractivity contribution is 7.99. The predicted molar refractivity (Wildman–Crippen MR) is 588 cm³/mol. The van der Waals surface area contributed by atoms with Crippen molar-refractivity contribution in [2.45, 2.75) is 185 Å². The van der Waals surface area contributed by atoms with Crippen molar-refractivity contribution in [3.8, 4) is 56.0 Å². The Labute approximate surface area is 813 Å². The Bertz CT molecular complexity index is 7530. The number of para-hydroxylation sites is 7. The van der Waals surface area contributed by atoms with Crippen LogP contribution in [0.25, 0.3) is 98.7 Å². The molecular formula is C125H120N4O2S2Si3. The predicted octanol–water partition coefficient (Wildman–Crippen LogP) is 27.8. The highest BCUT2D eigenvalue weighted by Gasteiger charge is 2.51. The third-order valence-electron chi connectivity index (χ3n) is 31.0. The summed E-state index contributed by atoms with van der Waals surface area (Å²) >= 11 is 3.77. The van der Waals surface area contributed by atoms with Gasteiger partial charge in [-0.25, -0.2) is 4.98 Å². The van der Waals surface area contributed by atoms with Gasteiger partial charge in [0.15, 0.2) is 26.7 Å². The van der Waals surface area contributed by atoms with E-state index in [0.29, 0.717) is 5.84 Å². The van der Waals surface area contributed by atoms with Crippen molar-refractivity contribution >= 4 is 148 Å². The van der Waals surface area contributed by atoms with Gasteiger partial charge < -0.3 is 9.15 Å². The summed E-state index contributed by atoms with van der Waals surface area (Å²) in [5.74, 6) is 2.56. The van der Waals surface area contributed by atoms with Crippen LogP contribution in [0.2, 0.25) is 13.1 Å². The Morgan fingerprint density at radius 2 is 0.721 bits per heavy atom. The Morgan fingerprint density at radius 1 is 0.324 bits per heavy atom. The lowest BCUT2D eigenvalue weighted by molar-refractivity contribution is 0.296. The highest BCUT2D eigenvalue weighted by atomic mass is 32.2. The molecule has 0 saturated carbocycles. The first kappa shape index (κ1) is 89.8. The highest BCUT2D eigenvalue weighted by Crippen LogP contribution is 2.57. The Balaban J connectivity index is 0.000000163. The van der Waals surface area contributed by atoms with Crippen molar-refractivity contribution in [3.05, 3.63) is 403 Å². The van der Waals surface area contributed by atoms with Crippen molar-refractivity contribution < 1.29 is 9.15 Å². The van der Waals surface area contributed by atoms with Crippen LogP contribution >= 0.6 is 23.1 Å². The average molecular weight is 1860 g/mol. The first-order valence-electron chi connectivity index (χ1n) is 48.2. The molecule has 136 heavy (non-hydrogen) atoms. The number of imidazole rings is 2. The van der Waals surface area contributed by atoms with Crippen LogP contribution < -0.4 is 51.4 Å². The maximum atomic E-state index is 7.32. The van der Waals surface area contributed by atoms with E-state index < -0.39 is 24.2 Å². The standard InChI is InChI=1S/C63H60N2S2Si.C62H60N2O2Si2/c1-60(2,3)49-37-35-43(39-47(49)45-27-21-30-52-57(45)66-56-34-20-17-29-51(56)62(7,8)63(52,9)10)68(41-23-13-11-14-24-41,42-25-15-12-16-26-42)44-36-38-50(61(4,5)6)48(40-44)46-28-22-33-55-58(46)67-59-64-53-31-18-19-32-54(53)65(55)59;1-60(2,3)49-37-35-43(39-47(49)45-27-22-31-53-57(45)63-59-64(53)52-30-17-18-32-54(52)66-59)68(41-23-13-11-14-24-41,42-25-15-12-16-26-42)44-36-38-50(61(4,5)6)48(40-44)46-28-21-29-51-58(46)65-55-33-19-20-34-56(55)67(9,10)62(51,7)8/h2*11-40H,1-10H3. The topological polar surface area (TPSA) is 57.0 Å². The molecule has 16 aromatic carbocycles. The number of hydrogen-bond donors (Lipinski definition) is 0. The van der Waals surface area contributed by atoms with Gasteiger partial charge in [0.1, 0.15) is 17.0 Å². The van der Waals surface area contributed by atoms with Gasteiger partial charge in [-0.1, -0.05) is 476 Å². The molecule has 0 amide bonds. The lowest BCUT2D eigenvalue weighted by atomic mass is 9.61. The van der Waals surface area contributed by atoms with E-state index in [4.69, 9.17) is 19.1 Å². The summed E-state index contributed by atoms with van der Waals surface area (Å²) in [6.45, 7) is 47.9. The molecule has 6 nitrogen and oxygen atoms in total. The summed E-state index contributed by atoms with van der Waals surface area (Å²) in [6, 6.07) is 138. The second-order valence-corrected chi connectivity index (χ2v) is 58.7. The molecule has 6 heterocycles. The first-order chi connectivity index (χ1) is 65.0. The SMILES string of the molecule is CC(C)(C)c1ccc([Si](c2ccccc2)(c2ccccc2)c2ccc(C(C)(C)C)c(-c3cccc4c3nc3oc5ccccc5n34)c2)cc1-c1cccc2c1Oc1ccccc1[Si](C)(C)C2(C)C.CC(C)(C)c1ccc([Si](c2ccccc2)(c2ccccc2)c2ccc(C(C)(C)C)c(-c3cccc4c3sc3nc5ccccc5n34)c2)cc1-c1cccc2c1Sc1ccccc1C(C)(C)C2(C)C. The third-order valence-corrected chi connectivity index (χ3v) is 48.0. The third kappa shape index (κ3) is 14.4. The summed E-state index contributed by atoms with van der Waals surface area (Å²) in [5, 5.41) is 12.0. The van der Waals surface area contributed by atoms with Gasteiger partial charge >= 0.3 is 5.84 Å². The van der Waals surface area contributed by atoms with Gasteiger partial charge in [-0.15, -0.1) is 0 Å². The van der Waals surface area contributed by atoms with Gasteiger partial charge in [-0.2, -0.15) is 4.98 Å². The van der Waals surface area contributed by atoms with Crippen LogP contribution in [0.4, 0.5) is 0 Å². The smallest absolute Gasteiger partial charge is 0.307 e. The maximum absolute atomic E-state index is 7.32. The molecule has 0 atom stereocenters. The fourth-order valence-electron chi connectivity index (χ4n) is 22.6. The van der Waals surface area contributed by atoms with Crippen LogP contribution in [0.15, 0.2) is 378 Å². The van der Waals surface area contributed by atoms with Crippen LogP contribution in [0.3, 0.4) is 0 Å². The number of benzene rings is 16. The number of fused-ring (bicyclic) bond motifs is 14. The van der Waals surface area contributed by atoms with Gasteiger partial charge in [-0.05, 0) is 200 Å². The average Bonchev–Trinajstić information content (AvgIpc) is 1.47. The molecule has 0 unspecified atom stereocenters. The van der Waals surface area contributed by atoms with Crippen molar-refractivity contribution in [1.82, 2.24) is 18.8 Å². The van der Waals surface area contributed by atoms with Crippen LogP contribution in [0.5, 0.6) is 11.5 Å². The minimum atomic E-state index is -3.15. The van der Waals surface area contributed by atoms with Gasteiger partial charge in [0.05, 0.1) is 40.4 Å². The fourth-order valence-corrected chi connectivity index (χ4v) is 37.7. The molecule has 0 radical (unpaired) electrons. The monoisotopic (exact) mass is 1860 g/mol. The van der Waals surface area contributed by atoms with Crippen molar-refractivity contribution in [2.24, 2.45) is 0 Å². The summed E-state index contributed by atoms with van der Waals surface area (Å²) in [7, 11) is -8.34. The zero-order valence-corrected chi connectivity index (χ0v) is 86.7. The molecule has 0 N–H and O–H groups in total. The van der Waals surface area contributed by atoms with Crippen LogP contribution in [-0.2, 0) is 37.5 Å². The number of hydrogen-bond acceptors (Lipinski definition) is 6. The fraction of sp³-hybridized carbons (Fsp3) is 0.216. The van der Waals surface area contributed by atoms with Gasteiger partial charge in [0.2, 0.25) is 0 Å². The molecular weight excluding hydrogens is 1740 g/mol. The second kappa shape index (κ2) is 33.1. The van der Waals surface area contributed by atoms with Crippen LogP contribution in [0, 0.1) is 0 Å². The summed E-state index contributed by atoms with van der Waals surface area (Å²) in [4.78, 5) is 14.1. The van der Waals surface area contributed by atoms with E-state index in [1.165, 1.54) is 139 Å². The zero-order valence-electron chi connectivity index (χ0n) is 82.1. The molecule has 0 saturated heterocycles. The molecule has 0 spiro atoms. The summed E-state index contributed by atoms with van der Waals surface area (Å²) in [5.41, 5.74) is 25.6. The minimum Gasteiger partial charge on any atom is -0.457 e. The number of ether oxygens (including phenoxy) is 1. The second-order valence-electron chi connectivity index (χ2n) is 44.0. The molecule has 0 bridgehead atoms. The number of rotatable bonds is 12. The molecule has 676 valence electrons. The number of aromatic nitrogens is 4. The van der Waals surface area contributed by atoms with Crippen LogP contribution in [0.1, 0.15) is 164 Å². The van der Waals surface area contributed by atoms with Crippen molar-refractivity contribution in [1.29, 1.82) is 0 Å².